The highest BCUT2D eigenvalue weighted by molar-refractivity contribution is 9.10. The molecule has 1 aromatic rings. The maximum Gasteiger partial charge on any atom is 0.490 e. The highest BCUT2D eigenvalue weighted by Crippen LogP contribution is 2.31. The zero-order valence-corrected chi connectivity index (χ0v) is 12.6. The summed E-state index contributed by atoms with van der Waals surface area (Å²) < 4.78 is 32.6. The standard InChI is InChI=1S/C10H11BrN2O2.C2HF3O2/c11-7-6-12-4-3-8(7)13-5-1-2-9(13)10(14)15;3-2(4,5)1(6)7/h3-4,6,9H,1-2,5H2,(H,14,15);(H,6,7)/t9-;/m0./s1. The monoisotopic (exact) mass is 384 g/mol. The van der Waals surface area contributed by atoms with Crippen LogP contribution < -0.4 is 4.90 Å². The van der Waals surface area contributed by atoms with Crippen molar-refractivity contribution in [3.05, 3.63) is 22.9 Å². The molecule has 0 unspecified atom stereocenters. The summed E-state index contributed by atoms with van der Waals surface area (Å²) in [6.07, 6.45) is -0.0836. The van der Waals surface area contributed by atoms with Gasteiger partial charge in [0, 0.05) is 18.9 Å². The van der Waals surface area contributed by atoms with Crippen LogP contribution in [0.25, 0.3) is 0 Å². The maximum absolute atomic E-state index is 11.0. The molecular weight excluding hydrogens is 373 g/mol. The summed E-state index contributed by atoms with van der Waals surface area (Å²) >= 11 is 3.39. The van der Waals surface area contributed by atoms with Crippen molar-refractivity contribution in [2.45, 2.75) is 25.1 Å². The van der Waals surface area contributed by atoms with E-state index in [0.29, 0.717) is 6.42 Å². The number of rotatable bonds is 2. The van der Waals surface area contributed by atoms with Crippen LogP contribution in [0.1, 0.15) is 12.8 Å². The van der Waals surface area contributed by atoms with Crippen molar-refractivity contribution in [2.75, 3.05) is 11.4 Å². The van der Waals surface area contributed by atoms with E-state index in [1.807, 2.05) is 11.0 Å². The summed E-state index contributed by atoms with van der Waals surface area (Å²) in [5.74, 6) is -3.51. The second-order valence-electron chi connectivity index (χ2n) is 4.32. The Kier molecular flexibility index (Phi) is 6.15. The van der Waals surface area contributed by atoms with Crippen molar-refractivity contribution < 1.29 is 33.0 Å². The smallest absolute Gasteiger partial charge is 0.480 e. The molecular formula is C12H12BrF3N2O4. The van der Waals surface area contributed by atoms with Crippen molar-refractivity contribution in [3.63, 3.8) is 0 Å². The van der Waals surface area contributed by atoms with Gasteiger partial charge in [0.25, 0.3) is 0 Å². The van der Waals surface area contributed by atoms with E-state index in [9.17, 15) is 18.0 Å². The van der Waals surface area contributed by atoms with Gasteiger partial charge in [0.2, 0.25) is 0 Å². The van der Waals surface area contributed by atoms with Crippen LogP contribution in [0.2, 0.25) is 0 Å². The number of alkyl halides is 3. The topological polar surface area (TPSA) is 90.7 Å². The van der Waals surface area contributed by atoms with Crippen molar-refractivity contribution in [1.82, 2.24) is 4.98 Å². The van der Waals surface area contributed by atoms with Gasteiger partial charge >= 0.3 is 18.1 Å². The Morgan fingerprint density at radius 2 is 1.95 bits per heavy atom. The van der Waals surface area contributed by atoms with Crippen LogP contribution in [0.15, 0.2) is 22.9 Å². The van der Waals surface area contributed by atoms with Crippen LogP contribution in [0, 0.1) is 0 Å². The third kappa shape index (κ3) is 4.86. The van der Waals surface area contributed by atoms with Crippen LogP contribution in [-0.4, -0.2) is 45.9 Å². The first-order valence-corrected chi connectivity index (χ1v) is 6.83. The molecule has 0 aromatic carbocycles. The number of anilines is 1. The van der Waals surface area contributed by atoms with Crippen molar-refractivity contribution in [2.24, 2.45) is 0 Å². The number of carbonyl (C=O) groups is 2. The first kappa shape index (κ1) is 18.2. The number of aliphatic carboxylic acids is 2. The van der Waals surface area contributed by atoms with Crippen LogP contribution in [-0.2, 0) is 9.59 Å². The van der Waals surface area contributed by atoms with Crippen molar-refractivity contribution >= 4 is 33.6 Å². The molecule has 6 nitrogen and oxygen atoms in total. The summed E-state index contributed by atoms with van der Waals surface area (Å²) in [5, 5.41) is 16.2. The van der Waals surface area contributed by atoms with Crippen LogP contribution in [0.3, 0.4) is 0 Å². The number of hydrogen-bond donors (Lipinski definition) is 2. The quantitative estimate of drug-likeness (QED) is 0.813. The lowest BCUT2D eigenvalue weighted by Crippen LogP contribution is -2.36. The Morgan fingerprint density at radius 1 is 1.36 bits per heavy atom. The van der Waals surface area contributed by atoms with E-state index < -0.39 is 24.2 Å². The molecule has 0 aliphatic carbocycles. The fourth-order valence-corrected chi connectivity index (χ4v) is 2.39. The molecule has 2 N–H and O–H groups in total. The molecule has 0 saturated carbocycles. The summed E-state index contributed by atoms with van der Waals surface area (Å²) in [4.78, 5) is 25.8. The van der Waals surface area contributed by atoms with Gasteiger partial charge in [0.15, 0.2) is 0 Å². The molecule has 0 amide bonds. The second-order valence-corrected chi connectivity index (χ2v) is 5.17. The molecule has 1 fully saturated rings. The molecule has 122 valence electrons. The molecule has 1 aliphatic heterocycles. The summed E-state index contributed by atoms with van der Waals surface area (Å²) in [7, 11) is 0. The van der Waals surface area contributed by atoms with Crippen molar-refractivity contribution in [1.29, 1.82) is 0 Å². The number of carboxylic acid groups (broad SMARTS) is 2. The molecule has 2 rings (SSSR count). The first-order chi connectivity index (χ1) is 10.1. The lowest BCUT2D eigenvalue weighted by molar-refractivity contribution is -0.192. The van der Waals surface area contributed by atoms with Crippen LogP contribution >= 0.6 is 15.9 Å². The number of halogens is 4. The minimum atomic E-state index is -5.08. The highest BCUT2D eigenvalue weighted by atomic mass is 79.9. The minimum Gasteiger partial charge on any atom is -0.480 e. The van der Waals surface area contributed by atoms with Gasteiger partial charge in [-0.1, -0.05) is 0 Å². The highest BCUT2D eigenvalue weighted by Gasteiger charge is 2.38. The van der Waals surface area contributed by atoms with Gasteiger partial charge < -0.3 is 15.1 Å². The lowest BCUT2D eigenvalue weighted by Gasteiger charge is -2.24. The Morgan fingerprint density at radius 3 is 2.41 bits per heavy atom. The molecule has 0 spiro atoms. The molecule has 0 bridgehead atoms. The molecule has 22 heavy (non-hydrogen) atoms. The van der Waals surface area contributed by atoms with E-state index in [1.165, 1.54) is 0 Å². The Balaban J connectivity index is 0.000000295. The second kappa shape index (κ2) is 7.43. The van der Waals surface area contributed by atoms with Gasteiger partial charge in [0.1, 0.15) is 6.04 Å². The average Bonchev–Trinajstić information content (AvgIpc) is 2.88. The molecule has 1 aliphatic rings. The molecule has 1 saturated heterocycles. The van der Waals surface area contributed by atoms with Gasteiger partial charge in [0.05, 0.1) is 10.2 Å². The van der Waals surface area contributed by atoms with E-state index in [4.69, 9.17) is 15.0 Å². The molecule has 2 heterocycles. The number of pyridine rings is 1. The fraction of sp³-hybridized carbons (Fsp3) is 0.417. The van der Waals surface area contributed by atoms with E-state index in [-0.39, 0.29) is 0 Å². The SMILES string of the molecule is O=C(O)C(F)(F)F.O=C(O)[C@@H]1CCCN1c1ccncc1Br. The lowest BCUT2D eigenvalue weighted by atomic mass is 10.2. The number of nitrogens with zero attached hydrogens (tertiary/aromatic N) is 2. The third-order valence-electron chi connectivity index (χ3n) is 2.84. The largest absolute Gasteiger partial charge is 0.490 e. The Hall–Kier alpha value is -1.84. The summed E-state index contributed by atoms with van der Waals surface area (Å²) in [6, 6.07) is 1.44. The third-order valence-corrected chi connectivity index (χ3v) is 3.45. The molecule has 0 radical (unpaired) electrons. The molecule has 1 aromatic heterocycles. The van der Waals surface area contributed by atoms with E-state index in [0.717, 1.165) is 23.1 Å². The number of hydrogen-bond acceptors (Lipinski definition) is 4. The molecule has 1 atom stereocenters. The Bertz CT molecular complexity index is 553. The van der Waals surface area contributed by atoms with E-state index >= 15 is 0 Å². The van der Waals surface area contributed by atoms with Gasteiger partial charge in [-0.15, -0.1) is 0 Å². The number of carboxylic acids is 2. The van der Waals surface area contributed by atoms with Gasteiger partial charge in [-0.3, -0.25) is 4.98 Å². The van der Waals surface area contributed by atoms with E-state index in [2.05, 4.69) is 20.9 Å². The van der Waals surface area contributed by atoms with Gasteiger partial charge in [-0.2, -0.15) is 13.2 Å². The zero-order chi connectivity index (χ0) is 16.9. The predicted octanol–water partition coefficient (Wildman–Crippen LogP) is 2.53. The van der Waals surface area contributed by atoms with Gasteiger partial charge in [-0.25, -0.2) is 9.59 Å². The number of aromatic nitrogens is 1. The predicted molar refractivity (Wildman–Crippen MR) is 73.6 cm³/mol. The molecule has 10 heteroatoms. The minimum absolute atomic E-state index is 0.399. The van der Waals surface area contributed by atoms with Crippen molar-refractivity contribution in [3.8, 4) is 0 Å². The first-order valence-electron chi connectivity index (χ1n) is 6.03. The average molecular weight is 385 g/mol. The van der Waals surface area contributed by atoms with E-state index in [1.54, 1.807) is 12.4 Å². The fourth-order valence-electron chi connectivity index (χ4n) is 1.91. The normalized spacial score (nSPS) is 17.6. The summed E-state index contributed by atoms with van der Waals surface area (Å²) in [5.41, 5.74) is 0.912. The summed E-state index contributed by atoms with van der Waals surface area (Å²) in [6.45, 7) is 0.791. The Labute approximate surface area is 131 Å². The van der Waals surface area contributed by atoms with Crippen LogP contribution in [0.5, 0.6) is 0 Å². The zero-order valence-electron chi connectivity index (χ0n) is 11.0. The van der Waals surface area contributed by atoms with Gasteiger partial charge in [-0.05, 0) is 34.8 Å². The van der Waals surface area contributed by atoms with Crippen LogP contribution in [0.4, 0.5) is 18.9 Å². The maximum atomic E-state index is 11.0.